The van der Waals surface area contributed by atoms with Gasteiger partial charge in [0, 0.05) is 4.47 Å². The number of fused-ring (bicyclic) bond motifs is 1. The van der Waals surface area contributed by atoms with Crippen molar-refractivity contribution in [2.45, 2.75) is 24.9 Å². The van der Waals surface area contributed by atoms with E-state index < -0.39 is 0 Å². The predicted octanol–water partition coefficient (Wildman–Crippen LogP) is 5.88. The fraction of sp³-hybridized carbons (Fsp3) is 0.182. The van der Waals surface area contributed by atoms with Crippen molar-refractivity contribution in [2.24, 2.45) is 0 Å². The van der Waals surface area contributed by atoms with E-state index >= 15 is 0 Å². The Kier molecular flexibility index (Phi) is 4.26. The molecule has 0 fully saturated rings. The highest BCUT2D eigenvalue weighted by Crippen LogP contribution is 2.38. The van der Waals surface area contributed by atoms with E-state index in [4.69, 9.17) is 0 Å². The van der Waals surface area contributed by atoms with Gasteiger partial charge in [0.1, 0.15) is 0 Å². The van der Waals surface area contributed by atoms with Gasteiger partial charge in [-0.1, -0.05) is 76.6 Å². The zero-order chi connectivity index (χ0) is 16.5. The molecule has 120 valence electrons. The molecule has 1 aliphatic rings. The third-order valence-corrected chi connectivity index (χ3v) is 5.48. The topological polar surface area (TPSA) is 20.2 Å². The van der Waals surface area contributed by atoms with Crippen LogP contribution in [0.3, 0.4) is 0 Å². The van der Waals surface area contributed by atoms with E-state index in [0.29, 0.717) is 5.92 Å². The zero-order valence-corrected chi connectivity index (χ0v) is 14.9. The first-order valence-corrected chi connectivity index (χ1v) is 9.12. The summed E-state index contributed by atoms with van der Waals surface area (Å²) in [5.41, 5.74) is 6.13. The molecule has 4 rings (SSSR count). The first-order valence-electron chi connectivity index (χ1n) is 8.32. The van der Waals surface area contributed by atoms with Crippen LogP contribution in [0.15, 0.2) is 77.3 Å². The molecule has 3 aromatic carbocycles. The lowest BCUT2D eigenvalue weighted by molar-refractivity contribution is 0.147. The van der Waals surface area contributed by atoms with Gasteiger partial charge in [-0.15, -0.1) is 0 Å². The van der Waals surface area contributed by atoms with Crippen molar-refractivity contribution in [1.29, 1.82) is 0 Å². The fourth-order valence-corrected chi connectivity index (χ4v) is 3.90. The Hall–Kier alpha value is -1.90. The monoisotopic (exact) mass is 378 g/mol. The van der Waals surface area contributed by atoms with Crippen molar-refractivity contribution >= 4 is 15.9 Å². The standard InChI is InChI=1S/C22H19BrO/c23-20-11-9-16(10-12-20)15-5-7-17(8-6-15)19-13-18-3-1-2-4-21(18)22(24)14-19/h1-12,19,22,24H,13-14H2/t19-,22-/m0/s1. The molecule has 24 heavy (non-hydrogen) atoms. The van der Waals surface area contributed by atoms with Crippen LogP contribution in [0.4, 0.5) is 0 Å². The minimum atomic E-state index is -0.355. The molecular weight excluding hydrogens is 360 g/mol. The van der Waals surface area contributed by atoms with E-state index in [1.165, 1.54) is 22.3 Å². The molecule has 3 aromatic rings. The molecule has 0 amide bonds. The minimum Gasteiger partial charge on any atom is -0.388 e. The van der Waals surface area contributed by atoms with Crippen molar-refractivity contribution in [3.8, 4) is 11.1 Å². The van der Waals surface area contributed by atoms with Gasteiger partial charge >= 0.3 is 0 Å². The van der Waals surface area contributed by atoms with Crippen LogP contribution in [-0.4, -0.2) is 5.11 Å². The Bertz CT molecular complexity index is 837. The van der Waals surface area contributed by atoms with Gasteiger partial charge in [-0.2, -0.15) is 0 Å². The summed E-state index contributed by atoms with van der Waals surface area (Å²) in [5.74, 6) is 0.383. The lowest BCUT2D eigenvalue weighted by atomic mass is 9.78. The highest BCUT2D eigenvalue weighted by molar-refractivity contribution is 9.10. The van der Waals surface area contributed by atoms with Crippen LogP contribution >= 0.6 is 15.9 Å². The van der Waals surface area contributed by atoms with E-state index in [0.717, 1.165) is 22.9 Å². The second-order valence-corrected chi connectivity index (χ2v) is 7.40. The molecule has 0 aromatic heterocycles. The van der Waals surface area contributed by atoms with E-state index in [9.17, 15) is 5.11 Å². The van der Waals surface area contributed by atoms with Crippen LogP contribution in [0.2, 0.25) is 0 Å². The van der Waals surface area contributed by atoms with Crippen molar-refractivity contribution in [2.75, 3.05) is 0 Å². The van der Waals surface area contributed by atoms with Gasteiger partial charge in [-0.25, -0.2) is 0 Å². The Labute approximate surface area is 151 Å². The average molecular weight is 379 g/mol. The van der Waals surface area contributed by atoms with Crippen LogP contribution in [0.25, 0.3) is 11.1 Å². The Balaban J connectivity index is 1.59. The van der Waals surface area contributed by atoms with Crippen LogP contribution in [-0.2, 0) is 6.42 Å². The van der Waals surface area contributed by atoms with E-state index in [2.05, 4.69) is 76.6 Å². The van der Waals surface area contributed by atoms with Crippen molar-refractivity contribution in [1.82, 2.24) is 0 Å². The van der Waals surface area contributed by atoms with E-state index in [1.807, 2.05) is 12.1 Å². The van der Waals surface area contributed by atoms with Gasteiger partial charge in [-0.05, 0) is 58.7 Å². The van der Waals surface area contributed by atoms with Crippen molar-refractivity contribution in [3.63, 3.8) is 0 Å². The SMILES string of the molecule is O[C@H]1C[C@@H](c2ccc(-c3ccc(Br)cc3)cc2)Cc2ccccc21. The molecule has 2 atom stereocenters. The molecule has 0 heterocycles. The first kappa shape index (κ1) is 15.6. The summed E-state index contributed by atoms with van der Waals surface area (Å²) in [6, 6.07) is 25.4. The molecule has 1 nitrogen and oxygen atoms in total. The first-order chi connectivity index (χ1) is 11.7. The number of hydrogen-bond donors (Lipinski definition) is 1. The maximum absolute atomic E-state index is 10.4. The smallest absolute Gasteiger partial charge is 0.0798 e. The number of aliphatic hydroxyl groups excluding tert-OH is 1. The van der Waals surface area contributed by atoms with E-state index in [-0.39, 0.29) is 6.10 Å². The lowest BCUT2D eigenvalue weighted by Gasteiger charge is -2.29. The highest BCUT2D eigenvalue weighted by atomic mass is 79.9. The van der Waals surface area contributed by atoms with Crippen LogP contribution in [0.1, 0.15) is 35.1 Å². The predicted molar refractivity (Wildman–Crippen MR) is 102 cm³/mol. The number of aliphatic hydroxyl groups is 1. The Morgan fingerprint density at radius 1 is 0.792 bits per heavy atom. The third-order valence-electron chi connectivity index (χ3n) is 4.95. The summed E-state index contributed by atoms with van der Waals surface area (Å²) in [5, 5.41) is 10.4. The summed E-state index contributed by atoms with van der Waals surface area (Å²) in [6.07, 6.45) is 1.45. The third kappa shape index (κ3) is 3.04. The van der Waals surface area contributed by atoms with Gasteiger partial charge in [0.25, 0.3) is 0 Å². The second kappa shape index (κ2) is 6.54. The fourth-order valence-electron chi connectivity index (χ4n) is 3.63. The summed E-state index contributed by atoms with van der Waals surface area (Å²) < 4.78 is 1.10. The van der Waals surface area contributed by atoms with Crippen LogP contribution < -0.4 is 0 Å². The molecule has 2 heteroatoms. The van der Waals surface area contributed by atoms with Crippen LogP contribution in [0, 0.1) is 0 Å². The molecule has 0 bridgehead atoms. The minimum absolute atomic E-state index is 0.355. The number of rotatable bonds is 2. The Morgan fingerprint density at radius 2 is 1.42 bits per heavy atom. The average Bonchev–Trinajstić information content (AvgIpc) is 2.62. The summed E-state index contributed by atoms with van der Waals surface area (Å²) in [4.78, 5) is 0. The molecule has 1 N–H and O–H groups in total. The number of halogens is 1. The number of hydrogen-bond acceptors (Lipinski definition) is 1. The maximum Gasteiger partial charge on any atom is 0.0798 e. The normalized spacial score (nSPS) is 19.8. The van der Waals surface area contributed by atoms with E-state index in [1.54, 1.807) is 0 Å². The van der Waals surface area contributed by atoms with Gasteiger partial charge in [0.15, 0.2) is 0 Å². The Morgan fingerprint density at radius 3 is 2.12 bits per heavy atom. The molecule has 1 aliphatic carbocycles. The zero-order valence-electron chi connectivity index (χ0n) is 13.3. The van der Waals surface area contributed by atoms with Crippen molar-refractivity contribution < 1.29 is 5.11 Å². The van der Waals surface area contributed by atoms with Gasteiger partial charge < -0.3 is 5.11 Å². The lowest BCUT2D eigenvalue weighted by Crippen LogP contribution is -2.17. The highest BCUT2D eigenvalue weighted by Gasteiger charge is 2.26. The second-order valence-electron chi connectivity index (χ2n) is 6.48. The van der Waals surface area contributed by atoms with Gasteiger partial charge in [0.2, 0.25) is 0 Å². The van der Waals surface area contributed by atoms with Gasteiger partial charge in [0.05, 0.1) is 6.10 Å². The molecule has 0 radical (unpaired) electrons. The summed E-state index contributed by atoms with van der Waals surface area (Å²) >= 11 is 3.48. The summed E-state index contributed by atoms with van der Waals surface area (Å²) in [6.45, 7) is 0. The molecule has 0 saturated carbocycles. The maximum atomic E-state index is 10.4. The number of benzene rings is 3. The van der Waals surface area contributed by atoms with Crippen LogP contribution in [0.5, 0.6) is 0 Å². The summed E-state index contributed by atoms with van der Waals surface area (Å²) in [7, 11) is 0. The molecular formula is C22H19BrO. The van der Waals surface area contributed by atoms with Gasteiger partial charge in [-0.3, -0.25) is 0 Å². The molecule has 0 saturated heterocycles. The quantitative estimate of drug-likeness (QED) is 0.590. The van der Waals surface area contributed by atoms with Crippen molar-refractivity contribution in [3.05, 3.63) is 94.0 Å². The molecule has 0 aliphatic heterocycles. The molecule has 0 spiro atoms. The molecule has 0 unspecified atom stereocenters. The largest absolute Gasteiger partial charge is 0.388 e.